The lowest BCUT2D eigenvalue weighted by Crippen LogP contribution is -2.12. The van der Waals surface area contributed by atoms with E-state index in [1.807, 2.05) is 0 Å². The number of aromatic nitrogens is 2. The van der Waals surface area contributed by atoms with Crippen molar-refractivity contribution in [1.29, 1.82) is 0 Å². The van der Waals surface area contributed by atoms with E-state index in [-0.39, 0.29) is 17.4 Å². The van der Waals surface area contributed by atoms with Crippen molar-refractivity contribution in [2.75, 3.05) is 6.54 Å². The molecule has 1 N–H and O–H groups in total. The highest BCUT2D eigenvalue weighted by molar-refractivity contribution is 5.62. The number of benzene rings is 2. The maximum Gasteiger partial charge on any atom is 0.435 e. The average Bonchev–Trinajstić information content (AvgIpc) is 2.91. The van der Waals surface area contributed by atoms with E-state index in [9.17, 15) is 17.6 Å². The van der Waals surface area contributed by atoms with Crippen LogP contribution in [0.4, 0.5) is 22.0 Å². The Hall–Kier alpha value is -2.87. The van der Waals surface area contributed by atoms with E-state index in [1.165, 1.54) is 24.3 Å². The third-order valence-corrected chi connectivity index (χ3v) is 5.01. The van der Waals surface area contributed by atoms with Gasteiger partial charge >= 0.3 is 6.18 Å². The third-order valence-electron chi connectivity index (χ3n) is 5.01. The van der Waals surface area contributed by atoms with Crippen LogP contribution in [0.3, 0.4) is 0 Å². The Kier molecular flexibility index (Phi) is 5.04. The number of hydrogen-bond acceptors (Lipinski definition) is 3. The van der Waals surface area contributed by atoms with Crippen molar-refractivity contribution in [3.05, 3.63) is 82.5 Å². The molecule has 0 aliphatic carbocycles. The van der Waals surface area contributed by atoms with Gasteiger partial charge in [0, 0.05) is 18.0 Å². The third kappa shape index (κ3) is 3.98. The molecule has 0 spiro atoms. The maximum atomic E-state index is 15.2. The molecular formula is C21H16F5N3. The quantitative estimate of drug-likeness (QED) is 0.606. The molecule has 0 amide bonds. The summed E-state index contributed by atoms with van der Waals surface area (Å²) >= 11 is 0. The molecule has 0 bridgehead atoms. The Morgan fingerprint density at radius 1 is 0.931 bits per heavy atom. The number of halogens is 5. The highest BCUT2D eigenvalue weighted by Crippen LogP contribution is 2.36. The van der Waals surface area contributed by atoms with Gasteiger partial charge in [0.05, 0.1) is 5.69 Å². The predicted molar refractivity (Wildman–Crippen MR) is 97.0 cm³/mol. The van der Waals surface area contributed by atoms with Crippen molar-refractivity contribution < 1.29 is 22.0 Å². The number of rotatable bonds is 2. The Labute approximate surface area is 163 Å². The van der Waals surface area contributed by atoms with Crippen molar-refractivity contribution >= 4 is 0 Å². The first kappa shape index (κ1) is 19.4. The van der Waals surface area contributed by atoms with Gasteiger partial charge in [-0.25, -0.2) is 8.78 Å². The number of alkyl halides is 3. The first-order chi connectivity index (χ1) is 13.8. The van der Waals surface area contributed by atoms with Crippen LogP contribution in [0, 0.1) is 11.6 Å². The Balaban J connectivity index is 1.75. The average molecular weight is 405 g/mol. The van der Waals surface area contributed by atoms with Gasteiger partial charge in [-0.15, -0.1) is 10.2 Å². The molecule has 1 aliphatic heterocycles. The van der Waals surface area contributed by atoms with Crippen molar-refractivity contribution in [2.24, 2.45) is 0 Å². The Morgan fingerprint density at radius 3 is 2.34 bits per heavy atom. The van der Waals surface area contributed by atoms with Crippen LogP contribution >= 0.6 is 0 Å². The Bertz CT molecular complexity index is 1010. The van der Waals surface area contributed by atoms with Crippen LogP contribution in [0.1, 0.15) is 34.7 Å². The molecule has 0 saturated carbocycles. The van der Waals surface area contributed by atoms with Gasteiger partial charge in [-0.05, 0) is 66.1 Å². The summed E-state index contributed by atoms with van der Waals surface area (Å²) in [4.78, 5) is 0. The molecule has 4 rings (SSSR count). The summed E-state index contributed by atoms with van der Waals surface area (Å²) in [6.45, 7) is 1.05. The topological polar surface area (TPSA) is 37.8 Å². The molecule has 3 nitrogen and oxygen atoms in total. The highest BCUT2D eigenvalue weighted by Gasteiger charge is 2.33. The lowest BCUT2D eigenvalue weighted by atomic mass is 9.85. The molecule has 0 radical (unpaired) electrons. The standard InChI is InChI=1S/C21H16F5N3/c22-15-3-1-12(2-4-15)16-7-8-27-11-14-9-13(10-17(23)20(14)16)18-5-6-19(29-28-18)21(24,25)26/h1-6,9-10,16,27H,7-8,11H2. The number of nitrogens with zero attached hydrogens (tertiary/aromatic N) is 2. The van der Waals surface area contributed by atoms with E-state index in [4.69, 9.17) is 0 Å². The van der Waals surface area contributed by atoms with E-state index in [0.717, 1.165) is 11.6 Å². The van der Waals surface area contributed by atoms with Gasteiger partial charge in [0.2, 0.25) is 0 Å². The van der Waals surface area contributed by atoms with Gasteiger partial charge in [0.25, 0.3) is 0 Å². The van der Waals surface area contributed by atoms with Gasteiger partial charge < -0.3 is 5.32 Å². The fourth-order valence-electron chi connectivity index (χ4n) is 3.64. The number of fused-ring (bicyclic) bond motifs is 1. The van der Waals surface area contributed by atoms with Crippen LogP contribution in [0.25, 0.3) is 11.3 Å². The minimum Gasteiger partial charge on any atom is -0.313 e. The molecule has 0 saturated heterocycles. The first-order valence-electron chi connectivity index (χ1n) is 9.03. The lowest BCUT2D eigenvalue weighted by Gasteiger charge is -2.19. The minimum absolute atomic E-state index is 0.155. The van der Waals surface area contributed by atoms with Crippen LogP contribution in [0.5, 0.6) is 0 Å². The van der Waals surface area contributed by atoms with E-state index in [0.29, 0.717) is 36.2 Å². The summed E-state index contributed by atoms with van der Waals surface area (Å²) in [7, 11) is 0. The molecule has 2 aromatic carbocycles. The largest absolute Gasteiger partial charge is 0.435 e. The molecule has 3 aromatic rings. The zero-order valence-electron chi connectivity index (χ0n) is 15.1. The summed E-state index contributed by atoms with van der Waals surface area (Å²) < 4.78 is 66.5. The molecule has 1 aromatic heterocycles. The van der Waals surface area contributed by atoms with Gasteiger partial charge in [0.15, 0.2) is 5.69 Å². The maximum absolute atomic E-state index is 15.2. The summed E-state index contributed by atoms with van der Waals surface area (Å²) in [5.41, 5.74) is 1.40. The smallest absolute Gasteiger partial charge is 0.313 e. The molecule has 0 fully saturated rings. The molecule has 1 aliphatic rings. The zero-order chi connectivity index (χ0) is 20.6. The fourth-order valence-corrected chi connectivity index (χ4v) is 3.64. The van der Waals surface area contributed by atoms with E-state index >= 15 is 4.39 Å². The molecule has 2 heterocycles. The molecule has 1 atom stereocenters. The zero-order valence-corrected chi connectivity index (χ0v) is 15.1. The highest BCUT2D eigenvalue weighted by atomic mass is 19.4. The van der Waals surface area contributed by atoms with E-state index < -0.39 is 17.7 Å². The van der Waals surface area contributed by atoms with Crippen molar-refractivity contribution in [1.82, 2.24) is 15.5 Å². The Morgan fingerprint density at radius 2 is 1.69 bits per heavy atom. The van der Waals surface area contributed by atoms with Crippen molar-refractivity contribution in [3.63, 3.8) is 0 Å². The second kappa shape index (κ2) is 7.51. The van der Waals surface area contributed by atoms with Crippen molar-refractivity contribution in [3.8, 4) is 11.3 Å². The number of hydrogen-bond donors (Lipinski definition) is 1. The van der Waals surface area contributed by atoms with Crippen molar-refractivity contribution in [2.45, 2.75) is 25.1 Å². The van der Waals surface area contributed by atoms with E-state index in [2.05, 4.69) is 15.5 Å². The lowest BCUT2D eigenvalue weighted by molar-refractivity contribution is -0.141. The summed E-state index contributed by atoms with van der Waals surface area (Å²) in [6, 6.07) is 11.0. The predicted octanol–water partition coefficient (Wildman–Crippen LogP) is 5.07. The molecule has 1 unspecified atom stereocenters. The second-order valence-corrected chi connectivity index (χ2v) is 6.90. The van der Waals surface area contributed by atoms with Gasteiger partial charge in [-0.2, -0.15) is 13.2 Å². The SMILES string of the molecule is Fc1ccc(C2CCNCc3cc(-c4ccc(C(F)(F)F)nn4)cc(F)c32)cc1. The fraction of sp³-hybridized carbons (Fsp3) is 0.238. The minimum atomic E-state index is -4.59. The van der Waals surface area contributed by atoms with Gasteiger partial charge in [-0.3, -0.25) is 0 Å². The van der Waals surface area contributed by atoms with Gasteiger partial charge in [0.1, 0.15) is 11.6 Å². The van der Waals surface area contributed by atoms with Crippen LogP contribution < -0.4 is 5.32 Å². The summed E-state index contributed by atoms with van der Waals surface area (Å²) in [5, 5.41) is 10.0. The van der Waals surface area contributed by atoms with Gasteiger partial charge in [-0.1, -0.05) is 12.1 Å². The van der Waals surface area contributed by atoms with Crippen LogP contribution in [-0.4, -0.2) is 16.7 Å². The van der Waals surface area contributed by atoms with Crippen LogP contribution in [0.2, 0.25) is 0 Å². The second-order valence-electron chi connectivity index (χ2n) is 6.90. The molecule has 8 heteroatoms. The molecule has 29 heavy (non-hydrogen) atoms. The van der Waals surface area contributed by atoms with Crippen LogP contribution in [0.15, 0.2) is 48.5 Å². The molecular weight excluding hydrogens is 389 g/mol. The first-order valence-corrected chi connectivity index (χ1v) is 9.03. The summed E-state index contributed by atoms with van der Waals surface area (Å²) in [6.07, 6.45) is -3.95. The molecule has 150 valence electrons. The monoisotopic (exact) mass is 405 g/mol. The van der Waals surface area contributed by atoms with Crippen LogP contribution in [-0.2, 0) is 12.7 Å². The van der Waals surface area contributed by atoms with E-state index in [1.54, 1.807) is 18.2 Å². The normalized spacial score (nSPS) is 16.9. The summed E-state index contributed by atoms with van der Waals surface area (Å²) in [5.74, 6) is -1.09. The number of nitrogens with one attached hydrogen (secondary N) is 1.